The highest BCUT2D eigenvalue weighted by Gasteiger charge is 2.57. The number of benzene rings is 1. The van der Waals surface area contributed by atoms with Gasteiger partial charge in [-0.05, 0) is 5.56 Å². The van der Waals surface area contributed by atoms with Crippen molar-refractivity contribution in [3.8, 4) is 0 Å². The summed E-state index contributed by atoms with van der Waals surface area (Å²) in [7, 11) is -3.12. The summed E-state index contributed by atoms with van der Waals surface area (Å²) in [5.74, 6) is 0. The summed E-state index contributed by atoms with van der Waals surface area (Å²) < 4.78 is 22.2. The number of nitrogens with zero attached hydrogens (tertiary/aromatic N) is 3. The Balaban J connectivity index is 1.89. The fourth-order valence-electron chi connectivity index (χ4n) is 2.71. The molecule has 0 amide bonds. The maximum absolute atomic E-state index is 13.2. The smallest absolute Gasteiger partial charge is 0.298 e. The minimum absolute atomic E-state index is 0.0877. The molecule has 2 unspecified atom stereocenters. The van der Waals surface area contributed by atoms with Crippen LogP contribution in [0.2, 0.25) is 0 Å². The van der Waals surface area contributed by atoms with E-state index in [1.807, 2.05) is 30.3 Å². The fourth-order valence-corrected chi connectivity index (χ4v) is 5.18. The molecular formula is C14H20N3O4P. The van der Waals surface area contributed by atoms with E-state index in [0.717, 1.165) is 18.7 Å². The van der Waals surface area contributed by atoms with E-state index >= 15 is 0 Å². The van der Waals surface area contributed by atoms with E-state index in [-0.39, 0.29) is 18.1 Å². The van der Waals surface area contributed by atoms with Gasteiger partial charge in [0.05, 0.1) is 6.54 Å². The molecule has 2 heterocycles. The maximum atomic E-state index is 13.2. The highest BCUT2D eigenvalue weighted by molar-refractivity contribution is 7.54. The van der Waals surface area contributed by atoms with Crippen molar-refractivity contribution in [3.63, 3.8) is 0 Å². The Bertz CT molecular complexity index is 607. The van der Waals surface area contributed by atoms with E-state index in [0.29, 0.717) is 13.0 Å². The lowest BCUT2D eigenvalue weighted by molar-refractivity contribution is -0.575. The van der Waals surface area contributed by atoms with Gasteiger partial charge in [-0.1, -0.05) is 37.3 Å². The molecule has 8 heteroatoms. The van der Waals surface area contributed by atoms with Crippen molar-refractivity contribution < 1.29 is 14.0 Å². The first kappa shape index (κ1) is 15.6. The average Bonchev–Trinajstić information content (AvgIpc) is 3.36. The molecule has 120 valence electrons. The van der Waals surface area contributed by atoms with E-state index in [2.05, 4.69) is 0 Å². The molecule has 0 N–H and O–H groups in total. The molecule has 0 aliphatic carbocycles. The van der Waals surface area contributed by atoms with Gasteiger partial charge in [-0.25, -0.2) is 9.34 Å². The van der Waals surface area contributed by atoms with Gasteiger partial charge in [-0.15, -0.1) is 0 Å². The molecule has 0 bridgehead atoms. The Morgan fingerprint density at radius 3 is 2.59 bits per heavy atom. The summed E-state index contributed by atoms with van der Waals surface area (Å²) in [4.78, 5) is 11.2. The standard InChI is InChI=1S/C14H20N3O4P/c1-2-14(17(18)19)11-16(10-13-6-4-3-5-7-13)22(20,21-12-14)15-8-9-15/h3-7H,2,8-12H2,1H3. The fraction of sp³-hybridized carbons (Fsp3) is 0.571. The Hall–Kier alpha value is -1.27. The topological polar surface area (TPSA) is 75.7 Å². The molecule has 2 atom stereocenters. The molecule has 0 aromatic heterocycles. The predicted octanol–water partition coefficient (Wildman–Crippen LogP) is 2.37. The third-order valence-electron chi connectivity index (χ3n) is 4.37. The number of hydrogen-bond acceptors (Lipinski definition) is 4. The summed E-state index contributed by atoms with van der Waals surface area (Å²) in [5.41, 5.74) is -0.206. The number of nitro groups is 1. The third kappa shape index (κ3) is 2.70. The third-order valence-corrected chi connectivity index (χ3v) is 6.95. The summed E-state index contributed by atoms with van der Waals surface area (Å²) >= 11 is 0. The van der Waals surface area contributed by atoms with Crippen LogP contribution in [-0.4, -0.2) is 46.0 Å². The van der Waals surface area contributed by atoms with Crippen LogP contribution in [0.4, 0.5) is 0 Å². The lowest BCUT2D eigenvalue weighted by Gasteiger charge is -2.41. The van der Waals surface area contributed by atoms with Gasteiger partial charge in [-0.2, -0.15) is 0 Å². The molecule has 22 heavy (non-hydrogen) atoms. The van der Waals surface area contributed by atoms with E-state index in [1.54, 1.807) is 16.3 Å². The summed E-state index contributed by atoms with van der Waals surface area (Å²) in [6.07, 6.45) is 0.352. The predicted molar refractivity (Wildman–Crippen MR) is 82.0 cm³/mol. The zero-order valence-corrected chi connectivity index (χ0v) is 13.4. The van der Waals surface area contributed by atoms with Crippen molar-refractivity contribution in [1.29, 1.82) is 0 Å². The average molecular weight is 325 g/mol. The molecular weight excluding hydrogens is 305 g/mol. The van der Waals surface area contributed by atoms with Crippen molar-refractivity contribution in [1.82, 2.24) is 9.34 Å². The lowest BCUT2D eigenvalue weighted by atomic mass is 9.98. The van der Waals surface area contributed by atoms with Crippen LogP contribution < -0.4 is 0 Å². The molecule has 2 aliphatic heterocycles. The molecule has 0 spiro atoms. The Kier molecular flexibility index (Phi) is 4.07. The monoisotopic (exact) mass is 325 g/mol. The van der Waals surface area contributed by atoms with Crippen molar-refractivity contribution in [2.45, 2.75) is 25.4 Å². The largest absolute Gasteiger partial charge is 0.346 e. The van der Waals surface area contributed by atoms with Gasteiger partial charge >= 0.3 is 7.67 Å². The highest BCUT2D eigenvalue weighted by atomic mass is 31.2. The Morgan fingerprint density at radius 1 is 1.36 bits per heavy atom. The van der Waals surface area contributed by atoms with Crippen molar-refractivity contribution in [2.24, 2.45) is 0 Å². The summed E-state index contributed by atoms with van der Waals surface area (Å²) in [5, 5.41) is 11.5. The van der Waals surface area contributed by atoms with E-state index in [9.17, 15) is 14.7 Å². The zero-order chi connectivity index (χ0) is 15.8. The van der Waals surface area contributed by atoms with Crippen molar-refractivity contribution in [3.05, 3.63) is 46.0 Å². The highest BCUT2D eigenvalue weighted by Crippen LogP contribution is 2.61. The molecule has 2 fully saturated rings. The Labute approximate surface area is 129 Å². The van der Waals surface area contributed by atoms with Crippen LogP contribution in [0.5, 0.6) is 0 Å². The second-order valence-electron chi connectivity index (χ2n) is 5.86. The Morgan fingerprint density at radius 2 is 2.05 bits per heavy atom. The van der Waals surface area contributed by atoms with Crippen LogP contribution in [0.25, 0.3) is 0 Å². The molecule has 2 saturated heterocycles. The van der Waals surface area contributed by atoms with Crippen LogP contribution in [0.1, 0.15) is 18.9 Å². The van der Waals surface area contributed by atoms with Crippen LogP contribution in [0.15, 0.2) is 30.3 Å². The molecule has 1 aromatic carbocycles. The van der Waals surface area contributed by atoms with Gasteiger partial charge in [0, 0.05) is 31.0 Å². The van der Waals surface area contributed by atoms with Crippen LogP contribution in [0.3, 0.4) is 0 Å². The van der Waals surface area contributed by atoms with Crippen molar-refractivity contribution >= 4 is 7.67 Å². The van der Waals surface area contributed by atoms with Gasteiger partial charge in [0.1, 0.15) is 6.61 Å². The molecule has 3 rings (SSSR count). The quantitative estimate of drug-likeness (QED) is 0.358. The first-order valence-corrected chi connectivity index (χ1v) is 8.97. The van der Waals surface area contributed by atoms with Gasteiger partial charge < -0.3 is 0 Å². The molecule has 2 aliphatic rings. The van der Waals surface area contributed by atoms with E-state index in [4.69, 9.17) is 4.52 Å². The van der Waals surface area contributed by atoms with E-state index in [1.165, 1.54) is 0 Å². The normalized spacial score (nSPS) is 32.8. The van der Waals surface area contributed by atoms with Gasteiger partial charge in [0.2, 0.25) is 0 Å². The number of rotatable bonds is 5. The zero-order valence-electron chi connectivity index (χ0n) is 12.6. The SMILES string of the molecule is CCC1([N+](=O)[O-])COP(=O)(N2CC2)N(Cc2ccccc2)C1. The van der Waals surface area contributed by atoms with Crippen LogP contribution in [-0.2, 0) is 15.6 Å². The lowest BCUT2D eigenvalue weighted by Crippen LogP contribution is -2.55. The summed E-state index contributed by atoms with van der Waals surface area (Å²) in [6, 6.07) is 9.58. The molecule has 0 radical (unpaired) electrons. The first-order chi connectivity index (χ1) is 10.5. The van der Waals surface area contributed by atoms with E-state index < -0.39 is 13.2 Å². The minimum atomic E-state index is -3.12. The number of hydrogen-bond donors (Lipinski definition) is 0. The van der Waals surface area contributed by atoms with Gasteiger partial charge in [-0.3, -0.25) is 19.2 Å². The second kappa shape index (κ2) is 5.74. The van der Waals surface area contributed by atoms with Crippen molar-refractivity contribution in [2.75, 3.05) is 26.2 Å². The summed E-state index contributed by atoms with van der Waals surface area (Å²) in [6.45, 7) is 3.68. The first-order valence-electron chi connectivity index (χ1n) is 7.44. The molecule has 7 nitrogen and oxygen atoms in total. The molecule has 0 saturated carbocycles. The van der Waals surface area contributed by atoms with Crippen LogP contribution >= 0.6 is 7.67 Å². The van der Waals surface area contributed by atoms with Crippen LogP contribution in [0, 0.1) is 10.1 Å². The maximum Gasteiger partial charge on any atom is 0.346 e. The van der Waals surface area contributed by atoms with Gasteiger partial charge in [0.15, 0.2) is 0 Å². The minimum Gasteiger partial charge on any atom is -0.298 e. The molecule has 1 aromatic rings. The second-order valence-corrected chi connectivity index (χ2v) is 8.23. The van der Waals surface area contributed by atoms with Gasteiger partial charge in [0.25, 0.3) is 5.54 Å².